The number of hydrogen-bond acceptors (Lipinski definition) is 4. The van der Waals surface area contributed by atoms with Crippen molar-refractivity contribution in [3.05, 3.63) is 0 Å². The number of nitrogens with two attached hydrogens (primary N) is 1. The van der Waals surface area contributed by atoms with Gasteiger partial charge in [-0.3, -0.25) is 4.79 Å². The number of carbonyl (C=O) groups is 1. The summed E-state index contributed by atoms with van der Waals surface area (Å²) < 4.78 is 0. The van der Waals surface area contributed by atoms with E-state index in [1.54, 1.807) is 18.8 Å². The second-order valence-corrected chi connectivity index (χ2v) is 5.59. The van der Waals surface area contributed by atoms with E-state index in [0.717, 1.165) is 12.8 Å². The van der Waals surface area contributed by atoms with E-state index in [1.165, 1.54) is 0 Å². The minimum Gasteiger partial charge on any atom is -0.395 e. The second kappa shape index (κ2) is 5.18. The Morgan fingerprint density at radius 2 is 2.33 bits per heavy atom. The summed E-state index contributed by atoms with van der Waals surface area (Å²) in [5.74, 6) is 0.745. The summed E-state index contributed by atoms with van der Waals surface area (Å²) in [7, 11) is 1.78. The molecule has 4 N–H and O–H groups in total. The van der Waals surface area contributed by atoms with Crippen LogP contribution in [0.2, 0.25) is 0 Å². The normalized spacial score (nSPS) is 22.1. The predicted octanol–water partition coefficient (Wildman–Crippen LogP) is -0.0461. The molecule has 0 aromatic carbocycles. The van der Waals surface area contributed by atoms with E-state index in [9.17, 15) is 4.79 Å². The molecule has 1 aliphatic rings. The van der Waals surface area contributed by atoms with E-state index in [0.29, 0.717) is 11.7 Å². The Balaban J connectivity index is 2.59. The Bertz CT molecular complexity index is 233. The van der Waals surface area contributed by atoms with Gasteiger partial charge in [0.25, 0.3) is 0 Å². The molecule has 0 radical (unpaired) electrons. The molecule has 1 amide bonds. The van der Waals surface area contributed by atoms with Crippen LogP contribution in [0.4, 0.5) is 0 Å². The number of hydrogen-bond donors (Lipinski definition) is 3. The van der Waals surface area contributed by atoms with Gasteiger partial charge in [-0.25, -0.2) is 0 Å². The highest BCUT2D eigenvalue weighted by Gasteiger charge is 2.48. The Labute approximate surface area is 95.0 Å². The van der Waals surface area contributed by atoms with E-state index >= 15 is 0 Å². The van der Waals surface area contributed by atoms with E-state index in [2.05, 4.69) is 5.32 Å². The molecule has 1 fully saturated rings. The van der Waals surface area contributed by atoms with Crippen LogP contribution in [0.25, 0.3) is 0 Å². The standard InChI is InChI=1S/C10H20N2O2S/c1-7(5-13)15-6-10(12-2,9(11)14)8-3-4-8/h7-8,12-13H,3-6H2,1-2H3,(H2,11,14). The lowest BCUT2D eigenvalue weighted by atomic mass is 9.95. The highest BCUT2D eigenvalue weighted by atomic mass is 32.2. The molecule has 0 aromatic rings. The molecule has 2 atom stereocenters. The Hall–Kier alpha value is -0.260. The third kappa shape index (κ3) is 2.86. The lowest BCUT2D eigenvalue weighted by Crippen LogP contribution is -2.58. The van der Waals surface area contributed by atoms with Gasteiger partial charge in [0.05, 0.1) is 6.61 Å². The van der Waals surface area contributed by atoms with Crippen LogP contribution in [0.5, 0.6) is 0 Å². The Morgan fingerprint density at radius 3 is 2.67 bits per heavy atom. The summed E-state index contributed by atoms with van der Waals surface area (Å²) in [5, 5.41) is 12.2. The molecule has 0 saturated heterocycles. The van der Waals surface area contributed by atoms with Gasteiger partial charge >= 0.3 is 0 Å². The van der Waals surface area contributed by atoms with Crippen molar-refractivity contribution in [1.29, 1.82) is 0 Å². The number of rotatable bonds is 7. The smallest absolute Gasteiger partial charge is 0.238 e. The second-order valence-electron chi connectivity index (χ2n) is 4.16. The first kappa shape index (κ1) is 12.8. The predicted molar refractivity (Wildman–Crippen MR) is 62.7 cm³/mol. The highest BCUT2D eigenvalue weighted by molar-refractivity contribution is 8.00. The maximum Gasteiger partial charge on any atom is 0.238 e. The summed E-state index contributed by atoms with van der Waals surface area (Å²) in [4.78, 5) is 11.5. The SMILES string of the molecule is CNC(CSC(C)CO)(C(N)=O)C1CC1. The van der Waals surface area contributed by atoms with Crippen molar-refractivity contribution in [1.82, 2.24) is 5.32 Å². The summed E-state index contributed by atoms with van der Waals surface area (Å²) in [6.07, 6.45) is 2.13. The zero-order valence-electron chi connectivity index (χ0n) is 9.32. The summed E-state index contributed by atoms with van der Waals surface area (Å²) >= 11 is 1.59. The molecule has 1 saturated carbocycles. The fourth-order valence-electron chi connectivity index (χ4n) is 1.69. The zero-order valence-corrected chi connectivity index (χ0v) is 10.1. The van der Waals surface area contributed by atoms with Crippen molar-refractivity contribution in [2.24, 2.45) is 11.7 Å². The summed E-state index contributed by atoms with van der Waals surface area (Å²) in [6, 6.07) is 0. The first-order valence-corrected chi connectivity index (χ1v) is 6.33. The molecular weight excluding hydrogens is 212 g/mol. The Kier molecular flexibility index (Phi) is 4.43. The maximum atomic E-state index is 11.5. The molecule has 0 spiro atoms. The highest BCUT2D eigenvalue weighted by Crippen LogP contribution is 2.41. The van der Waals surface area contributed by atoms with Crippen molar-refractivity contribution < 1.29 is 9.90 Å². The minimum absolute atomic E-state index is 0.133. The molecule has 2 unspecified atom stereocenters. The lowest BCUT2D eigenvalue weighted by Gasteiger charge is -2.30. The number of thioether (sulfide) groups is 1. The first-order valence-electron chi connectivity index (χ1n) is 5.28. The van der Waals surface area contributed by atoms with Gasteiger partial charge in [-0.15, -0.1) is 0 Å². The summed E-state index contributed by atoms with van der Waals surface area (Å²) in [6.45, 7) is 2.08. The molecule has 0 heterocycles. The molecule has 15 heavy (non-hydrogen) atoms. The van der Waals surface area contributed by atoms with Crippen LogP contribution in [-0.4, -0.2) is 41.2 Å². The largest absolute Gasteiger partial charge is 0.395 e. The molecule has 1 rings (SSSR count). The number of likely N-dealkylation sites (N-methyl/N-ethyl adjacent to an activating group) is 1. The van der Waals surface area contributed by atoms with E-state index in [1.807, 2.05) is 6.92 Å². The van der Waals surface area contributed by atoms with Gasteiger partial charge in [0.2, 0.25) is 5.91 Å². The number of nitrogens with one attached hydrogen (secondary N) is 1. The van der Waals surface area contributed by atoms with Crippen molar-refractivity contribution in [2.45, 2.75) is 30.6 Å². The third-order valence-corrected chi connectivity index (χ3v) is 4.35. The monoisotopic (exact) mass is 232 g/mol. The van der Waals surface area contributed by atoms with Gasteiger partial charge in [-0.1, -0.05) is 6.92 Å². The van der Waals surface area contributed by atoms with Crippen LogP contribution < -0.4 is 11.1 Å². The van der Waals surface area contributed by atoms with Crippen molar-refractivity contribution in [3.63, 3.8) is 0 Å². The van der Waals surface area contributed by atoms with Gasteiger partial charge in [-0.2, -0.15) is 11.8 Å². The van der Waals surface area contributed by atoms with Crippen LogP contribution in [-0.2, 0) is 4.79 Å². The van der Waals surface area contributed by atoms with Gasteiger partial charge < -0.3 is 16.2 Å². The van der Waals surface area contributed by atoms with E-state index in [-0.39, 0.29) is 17.8 Å². The molecule has 0 bridgehead atoms. The van der Waals surface area contributed by atoms with Crippen molar-refractivity contribution in [2.75, 3.05) is 19.4 Å². The fraction of sp³-hybridized carbons (Fsp3) is 0.900. The molecule has 0 aromatic heterocycles. The lowest BCUT2D eigenvalue weighted by molar-refractivity contribution is -0.124. The van der Waals surface area contributed by atoms with Crippen LogP contribution in [0, 0.1) is 5.92 Å². The average molecular weight is 232 g/mol. The molecule has 5 heteroatoms. The molecule has 1 aliphatic carbocycles. The molecule has 0 aliphatic heterocycles. The van der Waals surface area contributed by atoms with E-state index in [4.69, 9.17) is 10.8 Å². The zero-order chi connectivity index (χ0) is 11.5. The van der Waals surface area contributed by atoms with Crippen LogP contribution in [0.1, 0.15) is 19.8 Å². The van der Waals surface area contributed by atoms with Crippen molar-refractivity contribution in [3.8, 4) is 0 Å². The van der Waals surface area contributed by atoms with Crippen molar-refractivity contribution >= 4 is 17.7 Å². The maximum absolute atomic E-state index is 11.5. The van der Waals surface area contributed by atoms with Crippen LogP contribution in [0.3, 0.4) is 0 Å². The number of carbonyl (C=O) groups excluding carboxylic acids is 1. The first-order chi connectivity index (χ1) is 7.06. The Morgan fingerprint density at radius 1 is 1.73 bits per heavy atom. The van der Waals surface area contributed by atoms with Gasteiger partial charge in [0.15, 0.2) is 0 Å². The van der Waals surface area contributed by atoms with Gasteiger partial charge in [0.1, 0.15) is 5.54 Å². The molecule has 4 nitrogen and oxygen atoms in total. The average Bonchev–Trinajstić information content (AvgIpc) is 3.03. The summed E-state index contributed by atoms with van der Waals surface area (Å²) in [5.41, 5.74) is 4.90. The topological polar surface area (TPSA) is 75.3 Å². The van der Waals surface area contributed by atoms with Gasteiger partial charge in [-0.05, 0) is 25.8 Å². The molecular formula is C10H20N2O2S. The number of aliphatic hydroxyl groups is 1. The number of primary amides is 1. The van der Waals surface area contributed by atoms with Crippen LogP contribution in [0.15, 0.2) is 0 Å². The fourth-order valence-corrected chi connectivity index (χ4v) is 2.87. The minimum atomic E-state index is -0.575. The van der Waals surface area contributed by atoms with E-state index < -0.39 is 5.54 Å². The van der Waals surface area contributed by atoms with Gasteiger partial charge in [0, 0.05) is 11.0 Å². The number of amides is 1. The van der Waals surface area contributed by atoms with Crippen LogP contribution >= 0.6 is 11.8 Å². The number of aliphatic hydroxyl groups excluding tert-OH is 1. The third-order valence-electron chi connectivity index (χ3n) is 3.01. The molecule has 88 valence electrons. The quantitative estimate of drug-likeness (QED) is 0.575.